The number of rotatable bonds is 2. The van der Waals surface area contributed by atoms with Crippen molar-refractivity contribution in [1.29, 1.82) is 0 Å². The highest BCUT2D eigenvalue weighted by Gasteiger charge is 2.34. The van der Waals surface area contributed by atoms with E-state index >= 15 is 0 Å². The molecule has 0 aromatic carbocycles. The van der Waals surface area contributed by atoms with Gasteiger partial charge in [0.15, 0.2) is 0 Å². The van der Waals surface area contributed by atoms with Gasteiger partial charge in [-0.2, -0.15) is 0 Å². The van der Waals surface area contributed by atoms with Gasteiger partial charge in [-0.3, -0.25) is 4.90 Å². The average Bonchev–Trinajstić information content (AvgIpc) is 2.71. The minimum absolute atomic E-state index is 0.120. The Morgan fingerprint density at radius 3 is 2.44 bits per heavy atom. The molecular weight excluding hydrogens is 198 g/mol. The van der Waals surface area contributed by atoms with E-state index in [1.807, 2.05) is 6.92 Å². The summed E-state index contributed by atoms with van der Waals surface area (Å²) in [5, 5.41) is 9.64. The van der Waals surface area contributed by atoms with Crippen molar-refractivity contribution in [2.45, 2.75) is 58.6 Å². The first-order valence-corrected chi connectivity index (χ1v) is 7.00. The van der Waals surface area contributed by atoms with E-state index in [2.05, 4.69) is 18.7 Å². The molecule has 2 nitrogen and oxygen atoms in total. The minimum atomic E-state index is -0.120. The molecule has 1 saturated carbocycles. The Morgan fingerprint density at radius 2 is 1.88 bits per heavy atom. The molecule has 1 aliphatic carbocycles. The molecule has 5 unspecified atom stereocenters. The summed E-state index contributed by atoms with van der Waals surface area (Å²) in [6, 6.07) is 0.801. The third-order valence-corrected chi connectivity index (χ3v) is 5.03. The monoisotopic (exact) mass is 225 g/mol. The number of aliphatic hydroxyl groups is 1. The fraction of sp³-hybridized carbons (Fsp3) is 1.00. The van der Waals surface area contributed by atoms with Crippen LogP contribution >= 0.6 is 0 Å². The van der Waals surface area contributed by atoms with Gasteiger partial charge in [0.25, 0.3) is 0 Å². The zero-order valence-corrected chi connectivity index (χ0v) is 11.0. The smallest absolute Gasteiger partial charge is 0.0552 e. The lowest BCUT2D eigenvalue weighted by atomic mass is 9.78. The highest BCUT2D eigenvalue weighted by atomic mass is 16.3. The van der Waals surface area contributed by atoms with Crippen molar-refractivity contribution in [1.82, 2.24) is 4.90 Å². The Labute approximate surface area is 100 Å². The van der Waals surface area contributed by atoms with Crippen LogP contribution in [0.5, 0.6) is 0 Å². The Morgan fingerprint density at radius 1 is 1.12 bits per heavy atom. The first-order chi connectivity index (χ1) is 7.58. The molecule has 0 aromatic rings. The summed E-state index contributed by atoms with van der Waals surface area (Å²) in [6.45, 7) is 9.08. The van der Waals surface area contributed by atoms with Gasteiger partial charge < -0.3 is 5.11 Å². The lowest BCUT2D eigenvalue weighted by molar-refractivity contribution is 0.100. The third-order valence-electron chi connectivity index (χ3n) is 5.03. The average molecular weight is 225 g/mol. The lowest BCUT2D eigenvalue weighted by Gasteiger charge is -2.37. The molecule has 16 heavy (non-hydrogen) atoms. The van der Waals surface area contributed by atoms with Crippen molar-refractivity contribution in [2.75, 3.05) is 13.1 Å². The summed E-state index contributed by atoms with van der Waals surface area (Å²) < 4.78 is 0. The van der Waals surface area contributed by atoms with E-state index in [9.17, 15) is 5.11 Å². The SMILES string of the molecule is CC(O)C1CCN(C2CCC(C)C(C)C2)C1. The first kappa shape index (κ1) is 12.4. The number of hydrogen-bond donors (Lipinski definition) is 1. The van der Waals surface area contributed by atoms with Crippen LogP contribution in [-0.2, 0) is 0 Å². The molecule has 1 heterocycles. The minimum Gasteiger partial charge on any atom is -0.393 e. The fourth-order valence-corrected chi connectivity index (χ4v) is 3.39. The van der Waals surface area contributed by atoms with Crippen LogP contribution in [0.25, 0.3) is 0 Å². The maximum Gasteiger partial charge on any atom is 0.0552 e. The van der Waals surface area contributed by atoms with Crippen LogP contribution in [0.1, 0.15) is 46.5 Å². The zero-order valence-electron chi connectivity index (χ0n) is 11.0. The van der Waals surface area contributed by atoms with Gasteiger partial charge in [-0.25, -0.2) is 0 Å². The molecule has 0 aromatic heterocycles. The predicted molar refractivity (Wildman–Crippen MR) is 67.3 cm³/mol. The van der Waals surface area contributed by atoms with Crippen LogP contribution < -0.4 is 0 Å². The molecule has 1 saturated heterocycles. The Bertz CT molecular complexity index is 229. The van der Waals surface area contributed by atoms with Gasteiger partial charge in [-0.05, 0) is 56.9 Å². The van der Waals surface area contributed by atoms with E-state index in [0.29, 0.717) is 5.92 Å². The van der Waals surface area contributed by atoms with E-state index in [4.69, 9.17) is 0 Å². The van der Waals surface area contributed by atoms with Gasteiger partial charge in [-0.1, -0.05) is 13.8 Å². The molecular formula is C14H27NO. The first-order valence-electron chi connectivity index (χ1n) is 7.00. The van der Waals surface area contributed by atoms with Crippen molar-refractivity contribution >= 4 is 0 Å². The molecule has 0 spiro atoms. The Balaban J connectivity index is 1.85. The molecule has 2 fully saturated rings. The maximum absolute atomic E-state index is 9.64. The zero-order chi connectivity index (χ0) is 11.7. The largest absolute Gasteiger partial charge is 0.393 e. The van der Waals surface area contributed by atoms with Gasteiger partial charge in [0.05, 0.1) is 6.10 Å². The standard InChI is InChI=1S/C14H27NO/c1-10-4-5-14(8-11(10)2)15-7-6-13(9-15)12(3)16/h10-14,16H,4-9H2,1-3H3. The second kappa shape index (κ2) is 5.05. The maximum atomic E-state index is 9.64. The van der Waals surface area contributed by atoms with Crippen LogP contribution in [0, 0.1) is 17.8 Å². The highest BCUT2D eigenvalue weighted by molar-refractivity contribution is 4.87. The van der Waals surface area contributed by atoms with Crippen LogP contribution in [-0.4, -0.2) is 35.2 Å². The summed E-state index contributed by atoms with van der Waals surface area (Å²) in [5.41, 5.74) is 0. The summed E-state index contributed by atoms with van der Waals surface area (Å²) in [7, 11) is 0. The fourth-order valence-electron chi connectivity index (χ4n) is 3.39. The molecule has 1 N–H and O–H groups in total. The van der Waals surface area contributed by atoms with Gasteiger partial charge in [0.2, 0.25) is 0 Å². The van der Waals surface area contributed by atoms with Crippen molar-refractivity contribution in [3.63, 3.8) is 0 Å². The second-order valence-electron chi connectivity index (χ2n) is 6.21. The topological polar surface area (TPSA) is 23.5 Å². The van der Waals surface area contributed by atoms with Gasteiger partial charge in [0, 0.05) is 12.6 Å². The number of aliphatic hydroxyl groups excluding tert-OH is 1. The number of nitrogens with zero attached hydrogens (tertiary/aromatic N) is 1. The van der Waals surface area contributed by atoms with Gasteiger partial charge in [-0.15, -0.1) is 0 Å². The van der Waals surface area contributed by atoms with E-state index in [1.54, 1.807) is 0 Å². The quantitative estimate of drug-likeness (QED) is 0.780. The highest BCUT2D eigenvalue weighted by Crippen LogP contribution is 2.34. The van der Waals surface area contributed by atoms with Crippen LogP contribution in [0.15, 0.2) is 0 Å². The lowest BCUT2D eigenvalue weighted by Crippen LogP contribution is -2.39. The Hall–Kier alpha value is -0.0800. The summed E-state index contributed by atoms with van der Waals surface area (Å²) in [4.78, 5) is 2.64. The Kier molecular flexibility index (Phi) is 3.91. The summed E-state index contributed by atoms with van der Waals surface area (Å²) >= 11 is 0. The summed E-state index contributed by atoms with van der Waals surface area (Å²) in [5.74, 6) is 2.31. The van der Waals surface area contributed by atoms with Crippen LogP contribution in [0.3, 0.4) is 0 Å². The summed E-state index contributed by atoms with van der Waals surface area (Å²) in [6.07, 6.45) is 5.20. The van der Waals surface area contributed by atoms with Crippen molar-refractivity contribution < 1.29 is 5.11 Å². The third kappa shape index (κ3) is 2.60. The molecule has 5 atom stereocenters. The van der Waals surface area contributed by atoms with Crippen LogP contribution in [0.2, 0.25) is 0 Å². The molecule has 94 valence electrons. The molecule has 2 rings (SSSR count). The van der Waals surface area contributed by atoms with Gasteiger partial charge in [0.1, 0.15) is 0 Å². The van der Waals surface area contributed by atoms with Crippen molar-refractivity contribution in [2.24, 2.45) is 17.8 Å². The van der Waals surface area contributed by atoms with Crippen LogP contribution in [0.4, 0.5) is 0 Å². The van der Waals surface area contributed by atoms with E-state index < -0.39 is 0 Å². The number of likely N-dealkylation sites (tertiary alicyclic amines) is 1. The molecule has 0 bridgehead atoms. The van der Waals surface area contributed by atoms with E-state index in [-0.39, 0.29) is 6.10 Å². The van der Waals surface area contributed by atoms with Crippen molar-refractivity contribution in [3.05, 3.63) is 0 Å². The molecule has 0 radical (unpaired) electrons. The molecule has 2 heteroatoms. The normalized spacial score (nSPS) is 43.5. The second-order valence-corrected chi connectivity index (χ2v) is 6.21. The van der Waals surface area contributed by atoms with E-state index in [0.717, 1.165) is 24.4 Å². The molecule has 1 aliphatic heterocycles. The number of hydrogen-bond acceptors (Lipinski definition) is 2. The van der Waals surface area contributed by atoms with E-state index in [1.165, 1.54) is 32.2 Å². The molecule has 0 amide bonds. The van der Waals surface area contributed by atoms with Gasteiger partial charge >= 0.3 is 0 Å². The van der Waals surface area contributed by atoms with Crippen molar-refractivity contribution in [3.8, 4) is 0 Å². The molecule has 2 aliphatic rings. The predicted octanol–water partition coefficient (Wildman–Crippen LogP) is 2.51.